The van der Waals surface area contributed by atoms with Crippen LogP contribution < -0.4 is 9.64 Å². The number of amides is 1. The number of Topliss-reactive ketones (excluding diaryl/α,β-unsaturated/α-hetero) is 1. The first kappa shape index (κ1) is 27.9. The van der Waals surface area contributed by atoms with Gasteiger partial charge in [-0.05, 0) is 62.2 Å². The van der Waals surface area contributed by atoms with Crippen LogP contribution in [-0.2, 0) is 14.3 Å². The molecule has 1 N–H and O–H groups in total. The van der Waals surface area contributed by atoms with Gasteiger partial charge in [-0.25, -0.2) is 14.8 Å². The van der Waals surface area contributed by atoms with Crippen LogP contribution in [0.4, 0.5) is 5.13 Å². The van der Waals surface area contributed by atoms with Crippen LogP contribution in [0.5, 0.6) is 11.5 Å². The van der Waals surface area contributed by atoms with Crippen LogP contribution in [-0.4, -0.2) is 44.2 Å². The predicted molar refractivity (Wildman–Crippen MR) is 161 cm³/mol. The largest absolute Gasteiger partial charge is 0.505 e. The van der Waals surface area contributed by atoms with Gasteiger partial charge >= 0.3 is 11.9 Å². The number of aromatic nitrogens is 3. The minimum atomic E-state index is -1.10. The first-order valence-electron chi connectivity index (χ1n) is 13.3. The quantitative estimate of drug-likeness (QED) is 0.111. The van der Waals surface area contributed by atoms with E-state index in [4.69, 9.17) is 9.47 Å². The predicted octanol–water partition coefficient (Wildman–Crippen LogP) is 5.92. The molecule has 2 aromatic carbocycles. The molecule has 0 radical (unpaired) electrons. The summed E-state index contributed by atoms with van der Waals surface area (Å²) in [4.78, 5) is 50.3. The van der Waals surface area contributed by atoms with Crippen LogP contribution in [0.3, 0.4) is 0 Å². The topological polar surface area (TPSA) is 123 Å². The third kappa shape index (κ3) is 4.73. The minimum absolute atomic E-state index is 0.112. The third-order valence-electron chi connectivity index (χ3n) is 7.27. The van der Waals surface area contributed by atoms with Gasteiger partial charge in [0.1, 0.15) is 27.7 Å². The summed E-state index contributed by atoms with van der Waals surface area (Å²) in [6, 6.07) is 18.8. The summed E-state index contributed by atoms with van der Waals surface area (Å²) in [7, 11) is 1.25. The maximum absolute atomic E-state index is 13.7. The number of ether oxygens (including phenoxy) is 2. The monoisotopic (exact) mass is 594 g/mol. The van der Waals surface area contributed by atoms with Crippen molar-refractivity contribution in [2.45, 2.75) is 26.8 Å². The van der Waals surface area contributed by atoms with E-state index in [1.165, 1.54) is 12.0 Å². The number of thiazole rings is 1. The molecule has 0 aliphatic carbocycles. The molecule has 5 aromatic rings. The van der Waals surface area contributed by atoms with Crippen LogP contribution >= 0.6 is 11.3 Å². The number of ketones is 1. The Morgan fingerprint density at radius 1 is 0.953 bits per heavy atom. The Kier molecular flexibility index (Phi) is 7.02. The fraction of sp³-hybridized carbons (Fsp3) is 0.156. The zero-order valence-electron chi connectivity index (χ0n) is 23.7. The van der Waals surface area contributed by atoms with Crippen LogP contribution in [0.1, 0.15) is 43.9 Å². The number of hydrogen-bond donors (Lipinski definition) is 1. The van der Waals surface area contributed by atoms with E-state index in [1.807, 2.05) is 47.9 Å². The van der Waals surface area contributed by atoms with E-state index >= 15 is 0 Å². The Morgan fingerprint density at radius 2 is 1.70 bits per heavy atom. The molecule has 1 amide bonds. The normalized spacial score (nSPS) is 16.2. The number of para-hydroxylation sites is 1. The summed E-state index contributed by atoms with van der Waals surface area (Å²) < 4.78 is 12.7. The lowest BCUT2D eigenvalue weighted by Gasteiger charge is -2.23. The maximum atomic E-state index is 13.7. The van der Waals surface area contributed by atoms with Crippen molar-refractivity contribution >= 4 is 45.5 Å². The minimum Gasteiger partial charge on any atom is -0.505 e. The van der Waals surface area contributed by atoms with Crippen molar-refractivity contribution in [3.63, 3.8) is 0 Å². The van der Waals surface area contributed by atoms with Gasteiger partial charge in [0, 0.05) is 6.20 Å². The van der Waals surface area contributed by atoms with Gasteiger partial charge in [0.15, 0.2) is 10.9 Å². The fourth-order valence-corrected chi connectivity index (χ4v) is 6.17. The van der Waals surface area contributed by atoms with E-state index in [-0.39, 0.29) is 21.3 Å². The van der Waals surface area contributed by atoms with Crippen LogP contribution in [0.2, 0.25) is 0 Å². The molecule has 11 heteroatoms. The summed E-state index contributed by atoms with van der Waals surface area (Å²) >= 11 is 0.931. The number of methoxy groups -OCH3 is 1. The molecule has 10 nitrogen and oxygen atoms in total. The number of anilines is 1. The molecule has 1 fully saturated rings. The molecule has 1 aliphatic heterocycles. The SMILES string of the molecule is COC(=O)c1sc(N2C(=O)C(=O)/C(=C(/O)c3nc4c(C)cccn4c3C)C2c2cccc(Oc3ccccc3)c2)nc1C. The van der Waals surface area contributed by atoms with Gasteiger partial charge in [-0.1, -0.05) is 47.7 Å². The maximum Gasteiger partial charge on any atom is 0.350 e. The zero-order chi connectivity index (χ0) is 30.4. The van der Waals surface area contributed by atoms with Crippen molar-refractivity contribution in [1.29, 1.82) is 0 Å². The Bertz CT molecular complexity index is 1960. The number of imidazole rings is 1. The molecule has 6 rings (SSSR count). The molecule has 3 aromatic heterocycles. The van der Waals surface area contributed by atoms with Crippen molar-refractivity contribution in [3.05, 3.63) is 112 Å². The fourth-order valence-electron chi connectivity index (χ4n) is 5.16. The highest BCUT2D eigenvalue weighted by atomic mass is 32.1. The van der Waals surface area contributed by atoms with Gasteiger partial charge in [-0.15, -0.1) is 0 Å². The van der Waals surface area contributed by atoms with Crippen molar-refractivity contribution in [2.24, 2.45) is 0 Å². The first-order chi connectivity index (χ1) is 20.7. The van der Waals surface area contributed by atoms with Crippen LogP contribution in [0, 0.1) is 20.8 Å². The van der Waals surface area contributed by atoms with Crippen LogP contribution in [0.25, 0.3) is 11.4 Å². The number of nitrogens with zero attached hydrogens (tertiary/aromatic N) is 4. The second kappa shape index (κ2) is 10.8. The van der Waals surface area contributed by atoms with Gasteiger partial charge in [-0.2, -0.15) is 0 Å². The average molecular weight is 595 g/mol. The molecule has 1 unspecified atom stereocenters. The summed E-state index contributed by atoms with van der Waals surface area (Å²) in [5.41, 5.74) is 2.95. The van der Waals surface area contributed by atoms with E-state index < -0.39 is 29.5 Å². The molecule has 43 heavy (non-hydrogen) atoms. The number of benzene rings is 2. The number of pyridine rings is 1. The Labute approximate surface area is 250 Å². The Hall–Kier alpha value is -5.29. The van der Waals surface area contributed by atoms with E-state index in [2.05, 4.69) is 9.97 Å². The average Bonchev–Trinajstić information content (AvgIpc) is 3.64. The van der Waals surface area contributed by atoms with Crippen LogP contribution in [0.15, 0.2) is 78.5 Å². The van der Waals surface area contributed by atoms with Gasteiger partial charge in [0.25, 0.3) is 5.78 Å². The van der Waals surface area contributed by atoms with E-state index in [0.29, 0.717) is 34.1 Å². The molecule has 216 valence electrons. The number of carbonyl (C=O) groups excluding carboxylic acids is 3. The highest BCUT2D eigenvalue weighted by molar-refractivity contribution is 7.17. The number of fused-ring (bicyclic) bond motifs is 1. The Morgan fingerprint density at radius 3 is 2.42 bits per heavy atom. The van der Waals surface area contributed by atoms with Crippen molar-refractivity contribution in [3.8, 4) is 11.5 Å². The molecular formula is C32H26N4O6S. The smallest absolute Gasteiger partial charge is 0.350 e. The summed E-state index contributed by atoms with van der Waals surface area (Å²) in [5.74, 6) is -1.77. The first-order valence-corrected chi connectivity index (χ1v) is 14.2. The molecule has 1 atom stereocenters. The highest BCUT2D eigenvalue weighted by Crippen LogP contribution is 2.45. The molecular weight excluding hydrogens is 568 g/mol. The van der Waals surface area contributed by atoms with Gasteiger partial charge in [0.05, 0.1) is 30.1 Å². The van der Waals surface area contributed by atoms with Gasteiger partial charge < -0.3 is 19.0 Å². The van der Waals surface area contributed by atoms with Crippen molar-refractivity contribution < 1.29 is 29.0 Å². The lowest BCUT2D eigenvalue weighted by atomic mass is 9.96. The summed E-state index contributed by atoms with van der Waals surface area (Å²) in [6.45, 7) is 5.29. The molecule has 0 bridgehead atoms. The number of carbonyl (C=O) groups is 3. The lowest BCUT2D eigenvalue weighted by Crippen LogP contribution is -2.29. The van der Waals surface area contributed by atoms with Crippen molar-refractivity contribution in [2.75, 3.05) is 12.0 Å². The summed E-state index contributed by atoms with van der Waals surface area (Å²) in [5, 5.41) is 11.9. The van der Waals surface area contributed by atoms with E-state index in [9.17, 15) is 19.5 Å². The molecule has 0 spiro atoms. The van der Waals surface area contributed by atoms with Gasteiger partial charge in [-0.3, -0.25) is 14.5 Å². The number of aliphatic hydroxyl groups excluding tert-OH is 1. The second-order valence-electron chi connectivity index (χ2n) is 9.99. The van der Waals surface area contributed by atoms with E-state index in [0.717, 1.165) is 16.9 Å². The Balaban J connectivity index is 1.55. The molecule has 4 heterocycles. The van der Waals surface area contributed by atoms with Crippen molar-refractivity contribution in [1.82, 2.24) is 14.4 Å². The molecule has 0 saturated carbocycles. The number of aliphatic hydroxyl groups is 1. The third-order valence-corrected chi connectivity index (χ3v) is 8.40. The standard InChI is InChI=1S/C32H26N4O6S/c1-17-10-9-15-35-19(3)24(34-29(17)35)26(37)23-25(20-11-8-14-22(16-20)42-21-12-6-5-7-13-21)36(30(39)27(23)38)32-33-18(2)28(43-32)31(40)41-4/h5-16,25,37H,1-4H3/b26-23+. The number of aryl methyl sites for hydroxylation is 3. The van der Waals surface area contributed by atoms with Gasteiger partial charge in [0.2, 0.25) is 0 Å². The summed E-state index contributed by atoms with van der Waals surface area (Å²) in [6.07, 6.45) is 1.81. The number of esters is 1. The lowest BCUT2D eigenvalue weighted by molar-refractivity contribution is -0.132. The zero-order valence-corrected chi connectivity index (χ0v) is 24.5. The number of hydrogen-bond acceptors (Lipinski definition) is 9. The number of rotatable bonds is 6. The van der Waals surface area contributed by atoms with E-state index in [1.54, 1.807) is 50.2 Å². The molecule has 1 saturated heterocycles. The highest BCUT2D eigenvalue weighted by Gasteiger charge is 2.49. The molecule has 1 aliphatic rings. The second-order valence-corrected chi connectivity index (χ2v) is 11.0.